The molecule has 1 aromatic rings. The maximum absolute atomic E-state index is 5.24. The molecule has 0 aromatic carbocycles. The molecule has 0 bridgehead atoms. The van der Waals surface area contributed by atoms with Crippen molar-refractivity contribution in [2.24, 2.45) is 0 Å². The third-order valence-electron chi connectivity index (χ3n) is 3.26. The van der Waals surface area contributed by atoms with Crippen LogP contribution in [-0.4, -0.2) is 30.7 Å². The van der Waals surface area contributed by atoms with Crippen molar-refractivity contribution < 1.29 is 9.47 Å². The van der Waals surface area contributed by atoms with Gasteiger partial charge in [0.2, 0.25) is 11.8 Å². The van der Waals surface area contributed by atoms with E-state index in [-0.39, 0.29) is 0 Å². The molecule has 0 aliphatic heterocycles. The highest BCUT2D eigenvalue weighted by Gasteiger charge is 2.11. The average Bonchev–Trinajstić information content (AvgIpc) is 2.49. The van der Waals surface area contributed by atoms with E-state index in [4.69, 9.17) is 9.47 Å². The number of hydrogen-bond acceptors (Lipinski definition) is 5. The van der Waals surface area contributed by atoms with Crippen molar-refractivity contribution >= 4 is 0 Å². The van der Waals surface area contributed by atoms with E-state index in [2.05, 4.69) is 22.2 Å². The van der Waals surface area contributed by atoms with E-state index in [9.17, 15) is 0 Å². The average molecular weight is 281 g/mol. The first-order chi connectivity index (χ1) is 9.83. The molecule has 5 nitrogen and oxygen atoms in total. The fraction of sp³-hybridized carbons (Fsp3) is 0.733. The van der Waals surface area contributed by atoms with Gasteiger partial charge in [0.05, 0.1) is 19.8 Å². The Labute approximate surface area is 122 Å². The summed E-state index contributed by atoms with van der Waals surface area (Å²) >= 11 is 0. The SMILES string of the molecule is CCCCCCCCNCc1c(OC)ncnc1OC. The summed E-state index contributed by atoms with van der Waals surface area (Å²) in [6.07, 6.45) is 9.26. The minimum Gasteiger partial charge on any atom is -0.481 e. The van der Waals surface area contributed by atoms with Crippen LogP contribution in [0.2, 0.25) is 0 Å². The van der Waals surface area contributed by atoms with Gasteiger partial charge < -0.3 is 14.8 Å². The summed E-state index contributed by atoms with van der Waals surface area (Å²) < 4.78 is 10.5. The molecule has 1 aromatic heterocycles. The fourth-order valence-corrected chi connectivity index (χ4v) is 2.13. The third kappa shape index (κ3) is 5.74. The van der Waals surface area contributed by atoms with Crippen LogP contribution in [0.3, 0.4) is 0 Å². The zero-order chi connectivity index (χ0) is 14.6. The van der Waals surface area contributed by atoms with E-state index in [1.807, 2.05) is 0 Å². The first-order valence-corrected chi connectivity index (χ1v) is 7.46. The zero-order valence-corrected chi connectivity index (χ0v) is 12.9. The molecule has 114 valence electrons. The van der Waals surface area contributed by atoms with Gasteiger partial charge in [0.15, 0.2) is 0 Å². The predicted molar refractivity (Wildman–Crippen MR) is 80.2 cm³/mol. The molecule has 0 fully saturated rings. The molecule has 0 amide bonds. The summed E-state index contributed by atoms with van der Waals surface area (Å²) in [6.45, 7) is 3.90. The number of aromatic nitrogens is 2. The van der Waals surface area contributed by atoms with Gasteiger partial charge in [-0.3, -0.25) is 0 Å². The normalized spacial score (nSPS) is 10.6. The number of nitrogens with zero attached hydrogens (tertiary/aromatic N) is 2. The van der Waals surface area contributed by atoms with Crippen molar-refractivity contribution in [3.05, 3.63) is 11.9 Å². The van der Waals surface area contributed by atoms with Gasteiger partial charge in [-0.05, 0) is 13.0 Å². The van der Waals surface area contributed by atoms with Gasteiger partial charge in [0.1, 0.15) is 6.33 Å². The van der Waals surface area contributed by atoms with E-state index in [1.54, 1.807) is 14.2 Å². The molecular weight excluding hydrogens is 254 g/mol. The molecule has 0 spiro atoms. The van der Waals surface area contributed by atoms with Gasteiger partial charge in [-0.25, -0.2) is 9.97 Å². The first-order valence-electron chi connectivity index (χ1n) is 7.46. The Bertz CT molecular complexity index is 350. The van der Waals surface area contributed by atoms with Crippen LogP contribution in [0.5, 0.6) is 11.8 Å². The van der Waals surface area contributed by atoms with Gasteiger partial charge in [0.25, 0.3) is 0 Å². The summed E-state index contributed by atoms with van der Waals surface area (Å²) in [4.78, 5) is 8.20. The van der Waals surface area contributed by atoms with Crippen molar-refractivity contribution in [1.82, 2.24) is 15.3 Å². The van der Waals surface area contributed by atoms with Crippen LogP contribution in [-0.2, 0) is 6.54 Å². The van der Waals surface area contributed by atoms with Crippen LogP contribution in [0, 0.1) is 0 Å². The molecule has 1 heterocycles. The van der Waals surface area contributed by atoms with Crippen LogP contribution in [0.15, 0.2) is 6.33 Å². The topological polar surface area (TPSA) is 56.3 Å². The number of rotatable bonds is 11. The summed E-state index contributed by atoms with van der Waals surface area (Å²) in [6, 6.07) is 0. The van der Waals surface area contributed by atoms with Gasteiger partial charge in [0, 0.05) is 6.54 Å². The minimum absolute atomic E-state index is 0.576. The Morgan fingerprint density at radius 1 is 0.950 bits per heavy atom. The van der Waals surface area contributed by atoms with Gasteiger partial charge in [-0.2, -0.15) is 0 Å². The maximum Gasteiger partial charge on any atom is 0.224 e. The van der Waals surface area contributed by atoms with Crippen LogP contribution in [0.1, 0.15) is 51.0 Å². The van der Waals surface area contributed by atoms with Crippen LogP contribution in [0.4, 0.5) is 0 Å². The summed E-state index contributed by atoms with van der Waals surface area (Å²) in [5.41, 5.74) is 0.878. The number of ether oxygens (including phenoxy) is 2. The van der Waals surface area contributed by atoms with Crippen LogP contribution >= 0.6 is 0 Å². The molecule has 0 aliphatic rings. The lowest BCUT2D eigenvalue weighted by Crippen LogP contribution is -2.16. The van der Waals surface area contributed by atoms with Crippen molar-refractivity contribution in [1.29, 1.82) is 0 Å². The molecule has 0 saturated carbocycles. The number of methoxy groups -OCH3 is 2. The Morgan fingerprint density at radius 3 is 2.15 bits per heavy atom. The summed E-state index contributed by atoms with van der Waals surface area (Å²) in [5.74, 6) is 1.15. The Morgan fingerprint density at radius 2 is 1.55 bits per heavy atom. The Hall–Kier alpha value is -1.36. The van der Waals surface area contributed by atoms with Crippen molar-refractivity contribution in [3.8, 4) is 11.8 Å². The van der Waals surface area contributed by atoms with Gasteiger partial charge in [-0.15, -0.1) is 0 Å². The second-order valence-electron chi connectivity index (χ2n) is 4.82. The second kappa shape index (κ2) is 10.4. The zero-order valence-electron chi connectivity index (χ0n) is 12.9. The highest BCUT2D eigenvalue weighted by atomic mass is 16.5. The van der Waals surface area contributed by atoms with Crippen molar-refractivity contribution in [2.75, 3.05) is 20.8 Å². The maximum atomic E-state index is 5.24. The van der Waals surface area contributed by atoms with E-state index < -0.39 is 0 Å². The summed E-state index contributed by atoms with van der Waals surface area (Å²) in [7, 11) is 3.22. The molecule has 0 radical (unpaired) electrons. The van der Waals surface area contributed by atoms with E-state index in [0.717, 1.165) is 12.1 Å². The number of nitrogens with one attached hydrogen (secondary N) is 1. The molecule has 0 aliphatic carbocycles. The van der Waals surface area contributed by atoms with Crippen LogP contribution < -0.4 is 14.8 Å². The lowest BCUT2D eigenvalue weighted by Gasteiger charge is -2.11. The monoisotopic (exact) mass is 281 g/mol. The highest BCUT2D eigenvalue weighted by Crippen LogP contribution is 2.22. The smallest absolute Gasteiger partial charge is 0.224 e. The molecule has 0 atom stereocenters. The first kappa shape index (κ1) is 16.7. The van der Waals surface area contributed by atoms with Gasteiger partial charge in [-0.1, -0.05) is 39.0 Å². The molecule has 0 saturated heterocycles. The van der Waals surface area contributed by atoms with E-state index >= 15 is 0 Å². The largest absolute Gasteiger partial charge is 0.481 e. The highest BCUT2D eigenvalue weighted by molar-refractivity contribution is 5.34. The van der Waals surface area contributed by atoms with Crippen molar-refractivity contribution in [3.63, 3.8) is 0 Å². The second-order valence-corrected chi connectivity index (χ2v) is 4.82. The quantitative estimate of drug-likeness (QED) is 0.632. The molecular formula is C15H27N3O2. The van der Waals surface area contributed by atoms with E-state index in [0.29, 0.717) is 18.3 Å². The van der Waals surface area contributed by atoms with Crippen molar-refractivity contribution in [2.45, 2.75) is 52.0 Å². The lowest BCUT2D eigenvalue weighted by molar-refractivity contribution is 0.359. The van der Waals surface area contributed by atoms with Gasteiger partial charge >= 0.3 is 0 Å². The Balaban J connectivity index is 2.27. The fourth-order valence-electron chi connectivity index (χ4n) is 2.13. The predicted octanol–water partition coefficient (Wildman–Crippen LogP) is 2.94. The minimum atomic E-state index is 0.576. The van der Waals surface area contributed by atoms with Crippen LogP contribution in [0.25, 0.3) is 0 Å². The van der Waals surface area contributed by atoms with E-state index in [1.165, 1.54) is 44.9 Å². The third-order valence-corrected chi connectivity index (χ3v) is 3.26. The molecule has 0 unspecified atom stereocenters. The lowest BCUT2D eigenvalue weighted by atomic mass is 10.1. The molecule has 5 heteroatoms. The standard InChI is InChI=1S/C15H27N3O2/c1-4-5-6-7-8-9-10-16-11-13-14(19-2)17-12-18-15(13)20-3/h12,16H,4-11H2,1-3H3. The molecule has 1 N–H and O–H groups in total. The number of unbranched alkanes of at least 4 members (excludes halogenated alkanes) is 5. The summed E-state index contributed by atoms with van der Waals surface area (Å²) in [5, 5.41) is 3.40. The Kier molecular flexibility index (Phi) is 8.71. The molecule has 20 heavy (non-hydrogen) atoms. The molecule has 1 rings (SSSR count). The number of hydrogen-bond donors (Lipinski definition) is 1.